The van der Waals surface area contributed by atoms with Crippen molar-refractivity contribution in [3.63, 3.8) is 0 Å². The van der Waals surface area contributed by atoms with Gasteiger partial charge in [0, 0.05) is 30.9 Å². The number of amides is 2. The van der Waals surface area contributed by atoms with Crippen LogP contribution >= 0.6 is 0 Å². The van der Waals surface area contributed by atoms with E-state index in [4.69, 9.17) is 4.74 Å². The highest BCUT2D eigenvalue weighted by Crippen LogP contribution is 2.18. The summed E-state index contributed by atoms with van der Waals surface area (Å²) >= 11 is 0. The van der Waals surface area contributed by atoms with E-state index in [2.05, 4.69) is 5.32 Å². The third-order valence-corrected chi connectivity index (χ3v) is 3.02. The second-order valence-corrected chi connectivity index (χ2v) is 4.90. The molecule has 1 aliphatic heterocycles. The van der Waals surface area contributed by atoms with Crippen molar-refractivity contribution in [3.8, 4) is 0 Å². The molecule has 20 heavy (non-hydrogen) atoms. The van der Waals surface area contributed by atoms with Crippen LogP contribution in [0, 0.1) is 10.1 Å². The summed E-state index contributed by atoms with van der Waals surface area (Å²) in [7, 11) is 0. The Hall–Kier alpha value is -2.15. The molecule has 0 aliphatic carbocycles. The number of anilines is 1. The van der Waals surface area contributed by atoms with Crippen LogP contribution in [0.1, 0.15) is 13.8 Å². The largest absolute Gasteiger partial charge is 0.372 e. The van der Waals surface area contributed by atoms with Crippen molar-refractivity contribution >= 4 is 17.4 Å². The summed E-state index contributed by atoms with van der Waals surface area (Å²) in [6.45, 7) is 4.82. The molecule has 0 aromatic heterocycles. The number of nitro benzene ring substituents is 1. The zero-order valence-corrected chi connectivity index (χ0v) is 11.4. The molecule has 1 aromatic rings. The second-order valence-electron chi connectivity index (χ2n) is 4.90. The van der Waals surface area contributed by atoms with E-state index in [1.54, 1.807) is 11.0 Å². The number of benzene rings is 1. The van der Waals surface area contributed by atoms with Gasteiger partial charge in [-0.1, -0.05) is 6.07 Å². The number of urea groups is 1. The zero-order chi connectivity index (χ0) is 14.7. The number of nitro groups is 1. The van der Waals surface area contributed by atoms with E-state index < -0.39 is 4.92 Å². The lowest BCUT2D eigenvalue weighted by molar-refractivity contribution is -0.384. The average Bonchev–Trinajstić information content (AvgIpc) is 2.37. The van der Waals surface area contributed by atoms with Crippen LogP contribution in [0.4, 0.5) is 16.2 Å². The first kappa shape index (κ1) is 14.3. The zero-order valence-electron chi connectivity index (χ0n) is 11.4. The molecule has 0 radical (unpaired) electrons. The molecule has 0 saturated carbocycles. The molecule has 0 spiro atoms. The highest BCUT2D eigenvalue weighted by Gasteiger charge is 2.26. The van der Waals surface area contributed by atoms with E-state index in [0.29, 0.717) is 18.8 Å². The molecular weight excluding hydrogens is 262 g/mol. The first-order valence-corrected chi connectivity index (χ1v) is 6.41. The van der Waals surface area contributed by atoms with E-state index in [1.165, 1.54) is 18.2 Å². The summed E-state index contributed by atoms with van der Waals surface area (Å²) in [5, 5.41) is 13.4. The molecule has 108 valence electrons. The summed E-state index contributed by atoms with van der Waals surface area (Å²) in [6, 6.07) is 5.61. The fourth-order valence-corrected chi connectivity index (χ4v) is 2.24. The van der Waals surface area contributed by atoms with Crippen molar-refractivity contribution in [2.24, 2.45) is 0 Å². The van der Waals surface area contributed by atoms with Gasteiger partial charge in [-0.3, -0.25) is 10.1 Å². The number of nitrogens with one attached hydrogen (secondary N) is 1. The van der Waals surface area contributed by atoms with Gasteiger partial charge in [0.25, 0.3) is 5.69 Å². The molecule has 1 saturated heterocycles. The Kier molecular flexibility index (Phi) is 4.19. The maximum absolute atomic E-state index is 12.1. The Bertz CT molecular complexity index is 510. The number of ether oxygens (including phenoxy) is 1. The van der Waals surface area contributed by atoms with E-state index in [1.807, 2.05) is 13.8 Å². The summed E-state index contributed by atoms with van der Waals surface area (Å²) < 4.78 is 5.56. The number of hydrogen-bond donors (Lipinski definition) is 1. The predicted octanol–water partition coefficient (Wildman–Crippen LogP) is 2.24. The van der Waals surface area contributed by atoms with Gasteiger partial charge in [0.05, 0.1) is 17.1 Å². The first-order valence-electron chi connectivity index (χ1n) is 6.41. The Morgan fingerprint density at radius 3 is 2.65 bits per heavy atom. The van der Waals surface area contributed by atoms with Gasteiger partial charge in [0.2, 0.25) is 0 Å². The number of nitrogens with zero attached hydrogens (tertiary/aromatic N) is 2. The van der Waals surface area contributed by atoms with Gasteiger partial charge in [0.15, 0.2) is 0 Å². The van der Waals surface area contributed by atoms with E-state index in [9.17, 15) is 14.9 Å². The number of carbonyl (C=O) groups excluding carboxylic acids is 1. The van der Waals surface area contributed by atoms with Crippen molar-refractivity contribution in [1.29, 1.82) is 0 Å². The van der Waals surface area contributed by atoms with E-state index in [0.717, 1.165) is 0 Å². The first-order chi connectivity index (χ1) is 9.45. The molecule has 1 aromatic carbocycles. The van der Waals surface area contributed by atoms with Crippen molar-refractivity contribution in [2.75, 3.05) is 18.4 Å². The fourth-order valence-electron chi connectivity index (χ4n) is 2.24. The Morgan fingerprint density at radius 2 is 2.05 bits per heavy atom. The van der Waals surface area contributed by atoms with Crippen LogP contribution < -0.4 is 5.32 Å². The minimum atomic E-state index is -0.492. The summed E-state index contributed by atoms with van der Waals surface area (Å²) in [4.78, 5) is 24.0. The number of non-ortho nitro benzene ring substituents is 1. The second kappa shape index (κ2) is 5.87. The quantitative estimate of drug-likeness (QED) is 0.664. The van der Waals surface area contributed by atoms with E-state index >= 15 is 0 Å². The van der Waals surface area contributed by atoms with Crippen LogP contribution in [0.25, 0.3) is 0 Å². The molecule has 1 N–H and O–H groups in total. The fraction of sp³-hybridized carbons (Fsp3) is 0.462. The Morgan fingerprint density at radius 1 is 1.40 bits per heavy atom. The number of carbonyl (C=O) groups is 1. The highest BCUT2D eigenvalue weighted by molar-refractivity contribution is 5.89. The van der Waals surface area contributed by atoms with Crippen LogP contribution in [0.2, 0.25) is 0 Å². The molecule has 1 aliphatic rings. The van der Waals surface area contributed by atoms with Crippen molar-refractivity contribution in [1.82, 2.24) is 4.90 Å². The molecule has 0 unspecified atom stereocenters. The molecule has 7 nitrogen and oxygen atoms in total. The van der Waals surface area contributed by atoms with E-state index in [-0.39, 0.29) is 23.9 Å². The van der Waals surface area contributed by atoms with Gasteiger partial charge in [0.1, 0.15) is 0 Å². The molecule has 2 atom stereocenters. The molecule has 7 heteroatoms. The van der Waals surface area contributed by atoms with Crippen LogP contribution in [-0.2, 0) is 4.74 Å². The van der Waals surface area contributed by atoms with Crippen LogP contribution in [0.5, 0.6) is 0 Å². The monoisotopic (exact) mass is 279 g/mol. The maximum atomic E-state index is 12.1. The SMILES string of the molecule is C[C@H]1CN(C(=O)Nc2cccc([N+](=O)[O-])c2)C[C@H](C)O1. The van der Waals surface area contributed by atoms with Gasteiger partial charge in [-0.2, -0.15) is 0 Å². The summed E-state index contributed by atoms with van der Waals surface area (Å²) in [5.41, 5.74) is 0.363. The predicted molar refractivity (Wildman–Crippen MR) is 73.7 cm³/mol. The minimum absolute atomic E-state index is 0.0189. The smallest absolute Gasteiger partial charge is 0.322 e. The number of rotatable bonds is 2. The topological polar surface area (TPSA) is 84.7 Å². The van der Waals surface area contributed by atoms with Crippen molar-refractivity contribution in [2.45, 2.75) is 26.1 Å². The Labute approximate surface area is 116 Å². The average molecular weight is 279 g/mol. The highest BCUT2D eigenvalue weighted by atomic mass is 16.6. The Balaban J connectivity index is 2.04. The lowest BCUT2D eigenvalue weighted by Crippen LogP contribution is -2.49. The minimum Gasteiger partial charge on any atom is -0.372 e. The normalized spacial score (nSPS) is 22.4. The van der Waals surface area contributed by atoms with Gasteiger partial charge >= 0.3 is 6.03 Å². The standard InChI is InChI=1S/C13H17N3O4/c1-9-7-15(8-10(2)20-9)13(17)14-11-4-3-5-12(6-11)16(18)19/h3-6,9-10H,7-8H2,1-2H3,(H,14,17)/t9-,10-/m0/s1. The maximum Gasteiger partial charge on any atom is 0.322 e. The van der Waals surface area contributed by atoms with Crippen LogP contribution in [0.15, 0.2) is 24.3 Å². The summed E-state index contributed by atoms with van der Waals surface area (Å²) in [6.07, 6.45) is -0.0378. The third kappa shape index (κ3) is 3.45. The van der Waals surface area contributed by atoms with Gasteiger partial charge < -0.3 is 15.0 Å². The van der Waals surface area contributed by atoms with Crippen LogP contribution in [0.3, 0.4) is 0 Å². The van der Waals surface area contributed by atoms with Crippen LogP contribution in [-0.4, -0.2) is 41.2 Å². The number of hydrogen-bond acceptors (Lipinski definition) is 4. The van der Waals surface area contributed by atoms with Gasteiger partial charge in [-0.05, 0) is 19.9 Å². The van der Waals surface area contributed by atoms with Gasteiger partial charge in [-0.15, -0.1) is 0 Å². The van der Waals surface area contributed by atoms with Crippen molar-refractivity contribution < 1.29 is 14.5 Å². The third-order valence-electron chi connectivity index (χ3n) is 3.02. The molecular formula is C13H17N3O4. The number of morpholine rings is 1. The molecule has 2 rings (SSSR count). The van der Waals surface area contributed by atoms with Crippen molar-refractivity contribution in [3.05, 3.63) is 34.4 Å². The molecule has 1 heterocycles. The lowest BCUT2D eigenvalue weighted by Gasteiger charge is -2.35. The summed E-state index contributed by atoms with van der Waals surface area (Å²) in [5.74, 6) is 0. The lowest BCUT2D eigenvalue weighted by atomic mass is 10.2. The molecule has 0 bridgehead atoms. The van der Waals surface area contributed by atoms with Gasteiger partial charge in [-0.25, -0.2) is 4.79 Å². The molecule has 2 amide bonds. The molecule has 1 fully saturated rings.